The van der Waals surface area contributed by atoms with E-state index in [9.17, 15) is 4.79 Å². The smallest absolute Gasteiger partial charge is 0.303 e. The summed E-state index contributed by atoms with van der Waals surface area (Å²) in [6.07, 6.45) is 2.28. The van der Waals surface area contributed by atoms with Crippen LogP contribution >= 0.6 is 11.8 Å². The molecule has 0 aromatic carbocycles. The maximum absolute atomic E-state index is 10.8. The minimum Gasteiger partial charge on any atom is -0.481 e. The minimum atomic E-state index is -0.823. The average molecular weight is 350 g/mol. The Hall–Kier alpha value is -2.09. The number of hydrogen-bond acceptors (Lipinski definition) is 7. The third-order valence-electron chi connectivity index (χ3n) is 3.22. The van der Waals surface area contributed by atoms with Crippen LogP contribution in [0.4, 0.5) is 5.82 Å². The summed E-state index contributed by atoms with van der Waals surface area (Å²) in [6.45, 7) is 4.56. The zero-order valence-electron chi connectivity index (χ0n) is 13.9. The van der Waals surface area contributed by atoms with E-state index in [1.165, 1.54) is 0 Å². The van der Waals surface area contributed by atoms with Crippen molar-refractivity contribution in [2.75, 3.05) is 17.6 Å². The van der Waals surface area contributed by atoms with Crippen LogP contribution in [0.15, 0.2) is 28.9 Å². The molecule has 130 valence electrons. The monoisotopic (exact) mass is 350 g/mol. The van der Waals surface area contributed by atoms with Crippen molar-refractivity contribution >= 4 is 23.5 Å². The number of hydrogen-bond donors (Lipinski definition) is 2. The molecule has 2 rings (SSSR count). The molecule has 0 amide bonds. The number of anilines is 1. The van der Waals surface area contributed by atoms with Gasteiger partial charge in [0.05, 0.1) is 12.2 Å². The molecule has 2 aromatic heterocycles. The number of nitrogens with zero attached hydrogens (tertiary/aromatic N) is 3. The van der Waals surface area contributed by atoms with Gasteiger partial charge < -0.3 is 14.9 Å². The summed E-state index contributed by atoms with van der Waals surface area (Å²) in [5.74, 6) is 2.72. The van der Waals surface area contributed by atoms with E-state index >= 15 is 0 Å². The summed E-state index contributed by atoms with van der Waals surface area (Å²) < 4.78 is 5.22. The van der Waals surface area contributed by atoms with E-state index in [1.807, 2.05) is 32.0 Å². The molecule has 2 aromatic rings. The lowest BCUT2D eigenvalue weighted by Gasteiger charge is -2.19. The van der Waals surface area contributed by atoms with Crippen molar-refractivity contribution in [3.63, 3.8) is 0 Å². The van der Waals surface area contributed by atoms with Gasteiger partial charge in [0.25, 0.3) is 0 Å². The van der Waals surface area contributed by atoms with Gasteiger partial charge in [0.2, 0.25) is 5.89 Å². The lowest BCUT2D eigenvalue weighted by molar-refractivity contribution is -0.139. The number of carboxylic acids is 1. The van der Waals surface area contributed by atoms with Crippen LogP contribution in [-0.2, 0) is 17.0 Å². The van der Waals surface area contributed by atoms with Crippen molar-refractivity contribution in [2.24, 2.45) is 5.41 Å². The van der Waals surface area contributed by atoms with E-state index in [2.05, 4.69) is 20.4 Å². The lowest BCUT2D eigenvalue weighted by Crippen LogP contribution is -2.19. The molecule has 24 heavy (non-hydrogen) atoms. The largest absolute Gasteiger partial charge is 0.481 e. The predicted octanol–water partition coefficient (Wildman–Crippen LogP) is 2.85. The number of thioether (sulfide) groups is 1. The standard InChI is InChI=1S/C16H22N4O3S/c1-16(2,10-15(21)22)9-14-19-13(20-23-14)11-24-8-7-18-12-5-3-4-6-17-12/h3-6H,7-11H2,1-2H3,(H,17,18)(H,21,22). The van der Waals surface area contributed by atoms with Crippen molar-refractivity contribution in [3.05, 3.63) is 36.1 Å². The first-order valence-corrected chi connectivity index (χ1v) is 8.86. The Morgan fingerprint density at radius 3 is 2.96 bits per heavy atom. The van der Waals surface area contributed by atoms with Gasteiger partial charge in [-0.15, -0.1) is 0 Å². The van der Waals surface area contributed by atoms with Gasteiger partial charge in [0.15, 0.2) is 5.82 Å². The normalized spacial score (nSPS) is 11.4. The van der Waals surface area contributed by atoms with Crippen LogP contribution in [-0.4, -0.2) is 38.5 Å². The van der Waals surface area contributed by atoms with Crippen LogP contribution in [0.25, 0.3) is 0 Å². The first-order valence-electron chi connectivity index (χ1n) is 7.70. The number of carboxylic acid groups (broad SMARTS) is 1. The molecule has 0 aliphatic heterocycles. The van der Waals surface area contributed by atoms with Crippen molar-refractivity contribution in [1.29, 1.82) is 0 Å². The van der Waals surface area contributed by atoms with Crippen LogP contribution in [0.1, 0.15) is 32.0 Å². The summed E-state index contributed by atoms with van der Waals surface area (Å²) in [5.41, 5.74) is -0.407. The first kappa shape index (κ1) is 18.3. The molecular weight excluding hydrogens is 328 g/mol. The summed E-state index contributed by atoms with van der Waals surface area (Å²) in [6, 6.07) is 5.75. The van der Waals surface area contributed by atoms with E-state index in [4.69, 9.17) is 9.63 Å². The second-order valence-corrected chi connectivity index (χ2v) is 7.32. The Balaban J connectivity index is 1.69. The second kappa shape index (κ2) is 8.68. The predicted molar refractivity (Wildman–Crippen MR) is 92.9 cm³/mol. The topological polar surface area (TPSA) is 101 Å². The van der Waals surface area contributed by atoms with Gasteiger partial charge in [-0.2, -0.15) is 16.7 Å². The van der Waals surface area contributed by atoms with E-state index in [0.29, 0.717) is 23.9 Å². The Bertz CT molecular complexity index is 646. The van der Waals surface area contributed by atoms with E-state index in [1.54, 1.807) is 18.0 Å². The molecule has 0 unspecified atom stereocenters. The Morgan fingerprint density at radius 2 is 2.25 bits per heavy atom. The third kappa shape index (κ3) is 6.57. The molecule has 8 heteroatoms. The van der Waals surface area contributed by atoms with Gasteiger partial charge in [-0.25, -0.2) is 4.98 Å². The number of rotatable bonds is 10. The van der Waals surface area contributed by atoms with Crippen LogP contribution < -0.4 is 5.32 Å². The van der Waals surface area contributed by atoms with E-state index in [-0.39, 0.29) is 6.42 Å². The molecule has 2 N–H and O–H groups in total. The van der Waals surface area contributed by atoms with Crippen LogP contribution in [0.5, 0.6) is 0 Å². The number of nitrogens with one attached hydrogen (secondary N) is 1. The second-order valence-electron chi connectivity index (χ2n) is 6.21. The highest BCUT2D eigenvalue weighted by Crippen LogP contribution is 2.25. The summed E-state index contributed by atoms with van der Waals surface area (Å²) in [7, 11) is 0. The van der Waals surface area contributed by atoms with Gasteiger partial charge >= 0.3 is 5.97 Å². The Kier molecular flexibility index (Phi) is 6.60. The summed E-state index contributed by atoms with van der Waals surface area (Å²) >= 11 is 1.70. The highest BCUT2D eigenvalue weighted by molar-refractivity contribution is 7.98. The summed E-state index contributed by atoms with van der Waals surface area (Å²) in [5, 5.41) is 16.1. The van der Waals surface area contributed by atoms with Gasteiger partial charge in [0.1, 0.15) is 5.82 Å². The fourth-order valence-corrected chi connectivity index (χ4v) is 2.87. The van der Waals surface area contributed by atoms with Gasteiger partial charge in [-0.05, 0) is 17.5 Å². The highest BCUT2D eigenvalue weighted by Gasteiger charge is 2.25. The fourth-order valence-electron chi connectivity index (χ4n) is 2.18. The van der Waals surface area contributed by atoms with Crippen molar-refractivity contribution in [1.82, 2.24) is 15.1 Å². The van der Waals surface area contributed by atoms with Crippen molar-refractivity contribution in [2.45, 2.75) is 32.4 Å². The number of pyridine rings is 1. The first-order chi connectivity index (χ1) is 11.4. The third-order valence-corrected chi connectivity index (χ3v) is 4.17. The van der Waals surface area contributed by atoms with Crippen LogP contribution in [0.3, 0.4) is 0 Å². The molecule has 0 aliphatic rings. The van der Waals surface area contributed by atoms with Crippen LogP contribution in [0, 0.1) is 5.41 Å². The zero-order valence-corrected chi connectivity index (χ0v) is 14.7. The lowest BCUT2D eigenvalue weighted by atomic mass is 9.86. The minimum absolute atomic E-state index is 0.0681. The molecule has 0 aliphatic carbocycles. The Morgan fingerprint density at radius 1 is 1.42 bits per heavy atom. The van der Waals surface area contributed by atoms with E-state index < -0.39 is 11.4 Å². The molecule has 0 fully saturated rings. The molecular formula is C16H22N4O3S. The number of aliphatic carboxylic acids is 1. The number of aromatic nitrogens is 3. The number of carbonyl (C=O) groups is 1. The molecule has 0 atom stereocenters. The highest BCUT2D eigenvalue weighted by atomic mass is 32.2. The molecule has 0 radical (unpaired) electrons. The zero-order chi connectivity index (χ0) is 17.4. The average Bonchev–Trinajstić information content (AvgIpc) is 2.93. The van der Waals surface area contributed by atoms with Crippen molar-refractivity contribution < 1.29 is 14.4 Å². The van der Waals surface area contributed by atoms with E-state index in [0.717, 1.165) is 18.1 Å². The molecule has 0 spiro atoms. The quantitative estimate of drug-likeness (QED) is 0.631. The molecule has 7 nitrogen and oxygen atoms in total. The maximum atomic E-state index is 10.8. The van der Waals surface area contributed by atoms with Crippen LogP contribution in [0.2, 0.25) is 0 Å². The fraction of sp³-hybridized carbons (Fsp3) is 0.500. The van der Waals surface area contributed by atoms with Gasteiger partial charge in [-0.3, -0.25) is 4.79 Å². The summed E-state index contributed by atoms with van der Waals surface area (Å²) in [4.78, 5) is 19.4. The van der Waals surface area contributed by atoms with Crippen molar-refractivity contribution in [3.8, 4) is 0 Å². The maximum Gasteiger partial charge on any atom is 0.303 e. The van der Waals surface area contributed by atoms with Gasteiger partial charge in [-0.1, -0.05) is 25.1 Å². The molecule has 0 bridgehead atoms. The molecule has 0 saturated carbocycles. The molecule has 0 saturated heterocycles. The molecule has 2 heterocycles. The SMILES string of the molecule is CC(C)(CC(=O)O)Cc1nc(CSCCNc2ccccn2)no1. The Labute approximate surface area is 145 Å². The van der Waals surface area contributed by atoms with Gasteiger partial charge in [0, 0.05) is 24.9 Å².